The van der Waals surface area contributed by atoms with E-state index in [0.717, 1.165) is 10.2 Å². The molecular formula is C19H19FN2O3S2. The van der Waals surface area contributed by atoms with Crippen LogP contribution in [0, 0.1) is 5.82 Å². The van der Waals surface area contributed by atoms with Gasteiger partial charge in [0.1, 0.15) is 5.82 Å². The van der Waals surface area contributed by atoms with Crippen molar-refractivity contribution in [3.63, 3.8) is 0 Å². The maximum absolute atomic E-state index is 13.4. The zero-order chi connectivity index (χ0) is 19.4. The van der Waals surface area contributed by atoms with Crippen LogP contribution >= 0.6 is 11.3 Å². The first kappa shape index (κ1) is 19.4. The van der Waals surface area contributed by atoms with Gasteiger partial charge in [-0.2, -0.15) is 4.99 Å². The lowest BCUT2D eigenvalue weighted by molar-refractivity contribution is -0.118. The van der Waals surface area contributed by atoms with Gasteiger partial charge in [0.2, 0.25) is 5.91 Å². The van der Waals surface area contributed by atoms with Gasteiger partial charge in [-0.1, -0.05) is 29.5 Å². The van der Waals surface area contributed by atoms with Crippen LogP contribution in [0.2, 0.25) is 0 Å². The van der Waals surface area contributed by atoms with Crippen LogP contribution in [0.1, 0.15) is 19.8 Å². The third kappa shape index (κ3) is 4.51. The minimum Gasteiger partial charge on any atom is -0.317 e. The van der Waals surface area contributed by atoms with Crippen LogP contribution < -0.4 is 4.80 Å². The number of aryl methyl sites for hydroxylation is 1. The van der Waals surface area contributed by atoms with Gasteiger partial charge in [0.25, 0.3) is 0 Å². The van der Waals surface area contributed by atoms with Gasteiger partial charge >= 0.3 is 0 Å². The van der Waals surface area contributed by atoms with E-state index in [1.54, 1.807) is 36.4 Å². The molecule has 1 aromatic heterocycles. The standard InChI is InChI=1S/C19H19FN2O3S2/c1-2-22-16-11-10-14(20)13-17(16)26-19(22)21-18(23)9-6-12-27(24,25)15-7-4-3-5-8-15/h3-5,7-8,10-11,13H,2,6,9,12H2,1H3. The maximum Gasteiger partial charge on any atom is 0.248 e. The molecule has 3 rings (SSSR count). The number of sulfone groups is 1. The van der Waals surface area contributed by atoms with E-state index < -0.39 is 9.84 Å². The van der Waals surface area contributed by atoms with Crippen molar-refractivity contribution < 1.29 is 17.6 Å². The number of benzene rings is 2. The fraction of sp³-hybridized carbons (Fsp3) is 0.263. The van der Waals surface area contributed by atoms with Crippen molar-refractivity contribution in [2.24, 2.45) is 4.99 Å². The quantitative estimate of drug-likeness (QED) is 0.629. The Morgan fingerprint density at radius 1 is 1.19 bits per heavy atom. The van der Waals surface area contributed by atoms with Crippen molar-refractivity contribution in [3.8, 4) is 0 Å². The first-order valence-electron chi connectivity index (χ1n) is 8.55. The number of halogens is 1. The molecule has 0 fully saturated rings. The van der Waals surface area contributed by atoms with Crippen molar-refractivity contribution in [2.75, 3.05) is 5.75 Å². The molecule has 0 spiro atoms. The van der Waals surface area contributed by atoms with Crippen molar-refractivity contribution in [1.29, 1.82) is 0 Å². The number of carbonyl (C=O) groups is 1. The number of fused-ring (bicyclic) bond motifs is 1. The molecule has 0 aliphatic carbocycles. The lowest BCUT2D eigenvalue weighted by atomic mass is 10.3. The van der Waals surface area contributed by atoms with Gasteiger partial charge in [0.15, 0.2) is 14.6 Å². The molecule has 0 saturated heterocycles. The molecule has 1 heterocycles. The molecule has 1 amide bonds. The number of rotatable bonds is 6. The molecule has 0 bridgehead atoms. The van der Waals surface area contributed by atoms with Crippen molar-refractivity contribution in [3.05, 3.63) is 59.1 Å². The van der Waals surface area contributed by atoms with E-state index >= 15 is 0 Å². The molecular weight excluding hydrogens is 387 g/mol. The first-order valence-corrected chi connectivity index (χ1v) is 11.0. The topological polar surface area (TPSA) is 68.5 Å². The molecule has 0 unspecified atom stereocenters. The van der Waals surface area contributed by atoms with Gasteiger partial charge in [-0.25, -0.2) is 12.8 Å². The van der Waals surface area contributed by atoms with E-state index in [0.29, 0.717) is 11.3 Å². The van der Waals surface area contributed by atoms with E-state index in [9.17, 15) is 17.6 Å². The normalized spacial score (nSPS) is 12.6. The largest absolute Gasteiger partial charge is 0.317 e. The summed E-state index contributed by atoms with van der Waals surface area (Å²) in [6.45, 7) is 2.52. The fourth-order valence-corrected chi connectivity index (χ4v) is 5.23. The highest BCUT2D eigenvalue weighted by molar-refractivity contribution is 7.91. The van der Waals surface area contributed by atoms with Crippen LogP contribution in [0.5, 0.6) is 0 Å². The molecule has 2 aromatic carbocycles. The molecule has 0 aliphatic rings. The summed E-state index contributed by atoms with van der Waals surface area (Å²) < 4.78 is 40.5. The number of hydrogen-bond donors (Lipinski definition) is 0. The highest BCUT2D eigenvalue weighted by Gasteiger charge is 2.14. The van der Waals surface area contributed by atoms with Gasteiger partial charge in [-0.15, -0.1) is 0 Å². The van der Waals surface area contributed by atoms with E-state index in [-0.39, 0.29) is 35.2 Å². The number of carbonyl (C=O) groups excluding carboxylic acids is 1. The third-order valence-corrected chi connectivity index (χ3v) is 6.95. The van der Waals surface area contributed by atoms with Crippen LogP contribution in [0.25, 0.3) is 10.2 Å². The van der Waals surface area contributed by atoms with E-state index in [1.807, 2.05) is 11.5 Å². The van der Waals surface area contributed by atoms with Crippen LogP contribution in [0.3, 0.4) is 0 Å². The van der Waals surface area contributed by atoms with Crippen molar-refractivity contribution >= 4 is 37.3 Å². The maximum atomic E-state index is 13.4. The molecule has 8 heteroatoms. The zero-order valence-electron chi connectivity index (χ0n) is 14.8. The Labute approximate surface area is 160 Å². The van der Waals surface area contributed by atoms with Crippen LogP contribution in [0.15, 0.2) is 58.4 Å². The highest BCUT2D eigenvalue weighted by atomic mass is 32.2. The number of nitrogens with zero attached hydrogens (tertiary/aromatic N) is 2. The summed E-state index contributed by atoms with van der Waals surface area (Å²) in [6.07, 6.45) is 0.240. The van der Waals surface area contributed by atoms with E-state index in [2.05, 4.69) is 4.99 Å². The third-order valence-electron chi connectivity index (χ3n) is 4.09. The summed E-state index contributed by atoms with van der Waals surface area (Å²) in [5, 5.41) is 0. The lowest BCUT2D eigenvalue weighted by Gasteiger charge is -2.03. The van der Waals surface area contributed by atoms with Crippen LogP contribution in [-0.2, 0) is 21.2 Å². The fourth-order valence-electron chi connectivity index (χ4n) is 2.76. The Bertz CT molecular complexity index is 1130. The van der Waals surface area contributed by atoms with Gasteiger partial charge in [-0.05, 0) is 43.7 Å². The van der Waals surface area contributed by atoms with Gasteiger partial charge in [0.05, 0.1) is 20.9 Å². The Kier molecular flexibility index (Phi) is 5.86. The van der Waals surface area contributed by atoms with E-state index in [4.69, 9.17) is 0 Å². The van der Waals surface area contributed by atoms with Crippen molar-refractivity contribution in [1.82, 2.24) is 4.57 Å². The number of hydrogen-bond acceptors (Lipinski definition) is 4. The highest BCUT2D eigenvalue weighted by Crippen LogP contribution is 2.18. The number of amides is 1. The van der Waals surface area contributed by atoms with E-state index in [1.165, 1.54) is 23.5 Å². The molecule has 27 heavy (non-hydrogen) atoms. The minimum absolute atomic E-state index is 0.0401. The predicted octanol–water partition coefficient (Wildman–Crippen LogP) is 3.54. The smallest absolute Gasteiger partial charge is 0.248 e. The van der Waals surface area contributed by atoms with Crippen LogP contribution in [0.4, 0.5) is 4.39 Å². The number of thiazole rings is 1. The first-order chi connectivity index (χ1) is 12.9. The van der Waals surface area contributed by atoms with Gasteiger partial charge in [0, 0.05) is 13.0 Å². The lowest BCUT2D eigenvalue weighted by Crippen LogP contribution is -2.16. The second kappa shape index (κ2) is 8.14. The molecule has 142 valence electrons. The molecule has 0 N–H and O–H groups in total. The Balaban J connectivity index is 1.73. The summed E-state index contributed by atoms with van der Waals surface area (Å²) in [7, 11) is -3.41. The predicted molar refractivity (Wildman–Crippen MR) is 104 cm³/mol. The summed E-state index contributed by atoms with van der Waals surface area (Å²) in [6, 6.07) is 12.6. The summed E-state index contributed by atoms with van der Waals surface area (Å²) >= 11 is 1.24. The average Bonchev–Trinajstić information content (AvgIpc) is 2.98. The summed E-state index contributed by atoms with van der Waals surface area (Å²) in [5.74, 6) is -0.826. The van der Waals surface area contributed by atoms with Gasteiger partial charge in [-0.3, -0.25) is 4.79 Å². The second-order valence-electron chi connectivity index (χ2n) is 5.98. The van der Waals surface area contributed by atoms with Crippen LogP contribution in [-0.4, -0.2) is 24.6 Å². The monoisotopic (exact) mass is 406 g/mol. The zero-order valence-corrected chi connectivity index (χ0v) is 16.4. The molecule has 0 saturated carbocycles. The molecule has 0 aliphatic heterocycles. The molecule has 0 radical (unpaired) electrons. The summed E-state index contributed by atoms with van der Waals surface area (Å²) in [5.41, 5.74) is 0.821. The molecule has 5 nitrogen and oxygen atoms in total. The Morgan fingerprint density at radius 3 is 2.63 bits per heavy atom. The average molecular weight is 407 g/mol. The van der Waals surface area contributed by atoms with Gasteiger partial charge < -0.3 is 4.57 Å². The molecule has 0 atom stereocenters. The summed E-state index contributed by atoms with van der Waals surface area (Å²) in [4.78, 5) is 17.1. The minimum atomic E-state index is -3.41. The Morgan fingerprint density at radius 2 is 1.93 bits per heavy atom. The number of aromatic nitrogens is 1. The SMILES string of the molecule is CCn1c(=NC(=O)CCCS(=O)(=O)c2ccccc2)sc2cc(F)ccc21. The Hall–Kier alpha value is -2.32. The molecule has 3 aromatic rings. The van der Waals surface area contributed by atoms with Crippen molar-refractivity contribution in [2.45, 2.75) is 31.2 Å². The second-order valence-corrected chi connectivity index (χ2v) is 9.10.